The van der Waals surface area contributed by atoms with Crippen LogP contribution in [0.2, 0.25) is 0 Å². The zero-order valence-electron chi connectivity index (χ0n) is 8.71. The Bertz CT molecular complexity index is 674. The molecule has 0 atom stereocenters. The third kappa shape index (κ3) is 1.59. The molecule has 0 saturated heterocycles. The van der Waals surface area contributed by atoms with Crippen LogP contribution in [0.25, 0.3) is 17.0 Å². The SMILES string of the molecule is Nc1nc2nccc(-c3ccc(F)cc3)n2n1. The Kier molecular flexibility index (Phi) is 2.01. The van der Waals surface area contributed by atoms with Crippen molar-refractivity contribution in [1.82, 2.24) is 19.6 Å². The zero-order chi connectivity index (χ0) is 11.8. The van der Waals surface area contributed by atoms with E-state index in [2.05, 4.69) is 15.1 Å². The summed E-state index contributed by atoms with van der Waals surface area (Å²) in [7, 11) is 0. The molecule has 17 heavy (non-hydrogen) atoms. The minimum Gasteiger partial charge on any atom is -0.366 e. The first kappa shape index (κ1) is 9.71. The van der Waals surface area contributed by atoms with Gasteiger partial charge in [0.15, 0.2) is 0 Å². The molecule has 0 radical (unpaired) electrons. The highest BCUT2D eigenvalue weighted by atomic mass is 19.1. The highest BCUT2D eigenvalue weighted by Gasteiger charge is 2.07. The molecular weight excluding hydrogens is 221 g/mol. The molecule has 0 amide bonds. The van der Waals surface area contributed by atoms with Gasteiger partial charge in [-0.1, -0.05) is 0 Å². The van der Waals surface area contributed by atoms with Gasteiger partial charge in [0.05, 0.1) is 5.69 Å². The first-order chi connectivity index (χ1) is 8.24. The Morgan fingerprint density at radius 3 is 2.65 bits per heavy atom. The van der Waals surface area contributed by atoms with Gasteiger partial charge in [-0.3, -0.25) is 0 Å². The topological polar surface area (TPSA) is 69.1 Å². The van der Waals surface area contributed by atoms with Gasteiger partial charge in [-0.05, 0) is 30.3 Å². The predicted molar refractivity (Wildman–Crippen MR) is 60.6 cm³/mol. The highest BCUT2D eigenvalue weighted by Crippen LogP contribution is 2.19. The largest absolute Gasteiger partial charge is 0.366 e. The second kappa shape index (κ2) is 3.51. The van der Waals surface area contributed by atoms with Crippen molar-refractivity contribution in [2.45, 2.75) is 0 Å². The summed E-state index contributed by atoms with van der Waals surface area (Å²) >= 11 is 0. The molecule has 2 N–H and O–H groups in total. The van der Waals surface area contributed by atoms with Gasteiger partial charge in [-0.2, -0.15) is 9.50 Å². The fourth-order valence-corrected chi connectivity index (χ4v) is 1.65. The summed E-state index contributed by atoms with van der Waals surface area (Å²) in [5, 5.41) is 4.04. The number of rotatable bonds is 1. The van der Waals surface area contributed by atoms with Gasteiger partial charge in [0.1, 0.15) is 5.82 Å². The fourth-order valence-electron chi connectivity index (χ4n) is 1.65. The lowest BCUT2D eigenvalue weighted by Gasteiger charge is -2.02. The molecule has 0 bridgehead atoms. The zero-order valence-corrected chi connectivity index (χ0v) is 8.71. The average Bonchev–Trinajstić information content (AvgIpc) is 2.70. The van der Waals surface area contributed by atoms with E-state index in [4.69, 9.17) is 5.73 Å². The van der Waals surface area contributed by atoms with E-state index in [-0.39, 0.29) is 11.8 Å². The molecule has 0 spiro atoms. The standard InChI is InChI=1S/C11H8FN5/c12-8-3-1-7(2-4-8)9-5-6-14-11-15-10(13)16-17(9)11/h1-6H,(H2,13,16). The van der Waals surface area contributed by atoms with E-state index in [1.165, 1.54) is 16.6 Å². The Morgan fingerprint density at radius 2 is 1.88 bits per heavy atom. The number of nitrogens with zero attached hydrogens (tertiary/aromatic N) is 4. The summed E-state index contributed by atoms with van der Waals surface area (Å²) in [6.45, 7) is 0. The Labute approximate surface area is 95.7 Å². The average molecular weight is 229 g/mol. The van der Waals surface area contributed by atoms with Gasteiger partial charge in [-0.15, -0.1) is 5.10 Å². The molecule has 6 heteroatoms. The van der Waals surface area contributed by atoms with Crippen molar-refractivity contribution < 1.29 is 4.39 Å². The van der Waals surface area contributed by atoms with Gasteiger partial charge in [0.25, 0.3) is 5.78 Å². The molecule has 0 fully saturated rings. The van der Waals surface area contributed by atoms with Crippen molar-refractivity contribution in [3.63, 3.8) is 0 Å². The van der Waals surface area contributed by atoms with Crippen LogP contribution in [0.15, 0.2) is 36.5 Å². The normalized spacial score (nSPS) is 10.9. The number of hydrogen-bond acceptors (Lipinski definition) is 4. The van der Waals surface area contributed by atoms with Crippen molar-refractivity contribution in [3.8, 4) is 11.3 Å². The van der Waals surface area contributed by atoms with Crippen LogP contribution in [0.5, 0.6) is 0 Å². The summed E-state index contributed by atoms with van der Waals surface area (Å²) < 4.78 is 14.4. The number of fused-ring (bicyclic) bond motifs is 1. The number of nitrogen functional groups attached to an aromatic ring is 1. The van der Waals surface area contributed by atoms with Crippen molar-refractivity contribution >= 4 is 11.7 Å². The molecule has 0 aliphatic rings. The molecule has 2 aromatic heterocycles. The third-order valence-electron chi connectivity index (χ3n) is 2.40. The van der Waals surface area contributed by atoms with Crippen LogP contribution in [-0.4, -0.2) is 19.6 Å². The third-order valence-corrected chi connectivity index (χ3v) is 2.40. The molecule has 0 aliphatic carbocycles. The molecule has 5 nitrogen and oxygen atoms in total. The van der Waals surface area contributed by atoms with Crippen molar-refractivity contribution in [2.75, 3.05) is 5.73 Å². The van der Waals surface area contributed by atoms with Gasteiger partial charge in [0.2, 0.25) is 5.95 Å². The summed E-state index contributed by atoms with van der Waals surface area (Å²) in [6, 6.07) is 7.89. The maximum absolute atomic E-state index is 12.9. The molecule has 0 aliphatic heterocycles. The number of aromatic nitrogens is 4. The van der Waals surface area contributed by atoms with Gasteiger partial charge in [-0.25, -0.2) is 9.37 Å². The first-order valence-corrected chi connectivity index (χ1v) is 4.97. The van der Waals surface area contributed by atoms with Crippen LogP contribution in [0.4, 0.5) is 10.3 Å². The van der Waals surface area contributed by atoms with E-state index < -0.39 is 0 Å². The number of hydrogen-bond donors (Lipinski definition) is 1. The number of benzene rings is 1. The summed E-state index contributed by atoms with van der Waals surface area (Å²) in [4.78, 5) is 8.00. The lowest BCUT2D eigenvalue weighted by Crippen LogP contribution is -1.96. The smallest absolute Gasteiger partial charge is 0.254 e. The monoisotopic (exact) mass is 229 g/mol. The number of nitrogens with two attached hydrogens (primary N) is 1. The molecule has 3 rings (SSSR count). The van der Waals surface area contributed by atoms with E-state index in [1.807, 2.05) is 0 Å². The van der Waals surface area contributed by atoms with Gasteiger partial charge in [0, 0.05) is 11.8 Å². The quantitative estimate of drug-likeness (QED) is 0.686. The predicted octanol–water partition coefficient (Wildman–Crippen LogP) is 1.51. The second-order valence-electron chi connectivity index (χ2n) is 3.52. The van der Waals surface area contributed by atoms with E-state index >= 15 is 0 Å². The highest BCUT2D eigenvalue weighted by molar-refractivity contribution is 5.61. The molecule has 0 saturated carbocycles. The first-order valence-electron chi connectivity index (χ1n) is 4.97. The van der Waals surface area contributed by atoms with E-state index in [9.17, 15) is 4.39 Å². The fraction of sp³-hybridized carbons (Fsp3) is 0. The van der Waals surface area contributed by atoms with Crippen LogP contribution in [0, 0.1) is 5.82 Å². The Morgan fingerprint density at radius 1 is 1.12 bits per heavy atom. The molecule has 0 unspecified atom stereocenters. The second-order valence-corrected chi connectivity index (χ2v) is 3.52. The van der Waals surface area contributed by atoms with Gasteiger partial charge < -0.3 is 5.73 Å². The molecule has 3 aromatic rings. The summed E-state index contributed by atoms with van der Waals surface area (Å²) in [6.07, 6.45) is 1.61. The minimum atomic E-state index is -0.280. The molecule has 1 aromatic carbocycles. The van der Waals surface area contributed by atoms with Crippen LogP contribution < -0.4 is 5.73 Å². The van der Waals surface area contributed by atoms with Crippen LogP contribution in [0.3, 0.4) is 0 Å². The summed E-state index contributed by atoms with van der Waals surface area (Å²) in [5.74, 6) is 0.300. The maximum Gasteiger partial charge on any atom is 0.254 e. The van der Waals surface area contributed by atoms with Crippen LogP contribution >= 0.6 is 0 Å². The lowest BCUT2D eigenvalue weighted by molar-refractivity contribution is 0.628. The van der Waals surface area contributed by atoms with Crippen LogP contribution in [-0.2, 0) is 0 Å². The van der Waals surface area contributed by atoms with E-state index in [0.29, 0.717) is 5.78 Å². The van der Waals surface area contributed by atoms with Crippen LogP contribution in [0.1, 0.15) is 0 Å². The minimum absolute atomic E-state index is 0.159. The Hall–Kier alpha value is -2.50. The van der Waals surface area contributed by atoms with Gasteiger partial charge >= 0.3 is 0 Å². The molecule has 2 heterocycles. The molecular formula is C11H8FN5. The Balaban J connectivity index is 2.26. The summed E-state index contributed by atoms with van der Waals surface area (Å²) in [5.41, 5.74) is 7.10. The molecule has 84 valence electrons. The maximum atomic E-state index is 12.9. The van der Waals surface area contributed by atoms with Crippen molar-refractivity contribution in [1.29, 1.82) is 0 Å². The van der Waals surface area contributed by atoms with E-state index in [1.54, 1.807) is 24.4 Å². The number of halogens is 1. The van der Waals surface area contributed by atoms with E-state index in [0.717, 1.165) is 11.3 Å². The van der Waals surface area contributed by atoms with Crippen molar-refractivity contribution in [3.05, 3.63) is 42.3 Å². The van der Waals surface area contributed by atoms with Crippen molar-refractivity contribution in [2.24, 2.45) is 0 Å². The number of anilines is 1. The lowest BCUT2D eigenvalue weighted by atomic mass is 10.1.